The number of rotatable bonds is 3. The van der Waals surface area contributed by atoms with Gasteiger partial charge in [-0.05, 0) is 0 Å². The summed E-state index contributed by atoms with van der Waals surface area (Å²) in [6, 6.07) is -1.64. The van der Waals surface area contributed by atoms with Crippen LogP contribution in [0.4, 0.5) is 0 Å². The molecule has 6 heteroatoms. The summed E-state index contributed by atoms with van der Waals surface area (Å²) in [6.45, 7) is 0. The van der Waals surface area contributed by atoms with Crippen LogP contribution in [0.15, 0.2) is 0 Å². The Morgan fingerprint density at radius 3 is 2.27 bits per heavy atom. The number of carboxylic acid groups (broad SMARTS) is 1. The molecule has 0 aromatic carbocycles. The van der Waals surface area contributed by atoms with Crippen LogP contribution < -0.4 is 5.73 Å². The van der Waals surface area contributed by atoms with Gasteiger partial charge in [-0.3, -0.25) is 4.79 Å². The fourth-order valence-corrected chi connectivity index (χ4v) is 0.402. The Labute approximate surface area is 62.6 Å². The molecule has 0 aliphatic rings. The molecule has 0 radical (unpaired) electrons. The number of aliphatic hydroxyl groups is 1. The second-order valence-electron chi connectivity index (χ2n) is 1.83. The van der Waals surface area contributed by atoms with Gasteiger partial charge in [-0.15, -0.1) is 0 Å². The first-order chi connectivity index (χ1) is 5.00. The van der Waals surface area contributed by atoms with E-state index in [1.54, 1.807) is 0 Å². The van der Waals surface area contributed by atoms with Crippen LogP contribution in [-0.2, 0) is 14.3 Å². The molecule has 1 unspecified atom stereocenters. The van der Waals surface area contributed by atoms with Crippen LogP contribution in [0, 0.1) is 0 Å². The molecule has 6 nitrogen and oxygen atoms in total. The van der Waals surface area contributed by atoms with E-state index in [4.69, 9.17) is 15.9 Å². The van der Waals surface area contributed by atoms with Gasteiger partial charge in [-0.25, -0.2) is 4.79 Å². The Balaban J connectivity index is 4.12. The highest BCUT2D eigenvalue weighted by Crippen LogP contribution is 1.92. The van der Waals surface area contributed by atoms with Gasteiger partial charge in [0, 0.05) is 0 Å². The summed E-state index contributed by atoms with van der Waals surface area (Å²) < 4.78 is 4.05. The maximum absolute atomic E-state index is 10.4. The van der Waals surface area contributed by atoms with Crippen LogP contribution in [-0.4, -0.2) is 41.4 Å². The predicted molar refractivity (Wildman–Crippen MR) is 33.6 cm³/mol. The van der Waals surface area contributed by atoms with Gasteiger partial charge in [0.2, 0.25) is 0 Å². The van der Waals surface area contributed by atoms with Crippen molar-refractivity contribution in [2.45, 2.75) is 12.1 Å². The van der Waals surface area contributed by atoms with E-state index in [-0.39, 0.29) is 0 Å². The number of carbonyl (C=O) groups excluding carboxylic acids is 1. The van der Waals surface area contributed by atoms with E-state index in [0.717, 1.165) is 7.11 Å². The highest BCUT2D eigenvalue weighted by Gasteiger charge is 2.28. The fourth-order valence-electron chi connectivity index (χ4n) is 0.402. The molecule has 0 aliphatic heterocycles. The molecule has 0 amide bonds. The van der Waals surface area contributed by atoms with Gasteiger partial charge in [0.25, 0.3) is 0 Å². The Morgan fingerprint density at radius 2 is 2.00 bits per heavy atom. The largest absolute Gasteiger partial charge is 0.480 e. The SMILES string of the molecule is COC(=O)C(O)[C@H](N)C(=O)O. The standard InChI is InChI=1S/C5H9NO5/c1-11-5(10)3(7)2(6)4(8)9/h2-3,7H,6H2,1H3,(H,8,9)/t2-,3?/m0/s1. The Bertz CT molecular complexity index is 168. The number of carboxylic acids is 1. The molecule has 2 atom stereocenters. The Hall–Kier alpha value is -1.14. The number of methoxy groups -OCH3 is 1. The normalized spacial score (nSPS) is 15.2. The number of ether oxygens (including phenoxy) is 1. The molecule has 4 N–H and O–H groups in total. The van der Waals surface area contributed by atoms with E-state index in [2.05, 4.69) is 4.74 Å². The first-order valence-corrected chi connectivity index (χ1v) is 2.75. The van der Waals surface area contributed by atoms with Crippen molar-refractivity contribution < 1.29 is 24.5 Å². The van der Waals surface area contributed by atoms with Crippen molar-refractivity contribution in [1.82, 2.24) is 0 Å². The second kappa shape index (κ2) is 3.89. The van der Waals surface area contributed by atoms with Crippen LogP contribution in [0.2, 0.25) is 0 Å². The topological polar surface area (TPSA) is 110 Å². The first-order valence-electron chi connectivity index (χ1n) is 2.75. The summed E-state index contributed by atoms with van der Waals surface area (Å²) >= 11 is 0. The second-order valence-corrected chi connectivity index (χ2v) is 1.83. The summed E-state index contributed by atoms with van der Waals surface area (Å²) in [6.07, 6.45) is -1.81. The van der Waals surface area contributed by atoms with Crippen molar-refractivity contribution in [1.29, 1.82) is 0 Å². The quantitative estimate of drug-likeness (QED) is 0.412. The van der Waals surface area contributed by atoms with Crippen molar-refractivity contribution >= 4 is 11.9 Å². The smallest absolute Gasteiger partial charge is 0.336 e. The van der Waals surface area contributed by atoms with Crippen molar-refractivity contribution in [3.8, 4) is 0 Å². The van der Waals surface area contributed by atoms with E-state index >= 15 is 0 Å². The molecule has 0 aromatic rings. The minimum atomic E-state index is -1.81. The van der Waals surface area contributed by atoms with Crippen LogP contribution in [0.1, 0.15) is 0 Å². The minimum Gasteiger partial charge on any atom is -0.480 e. The molecular formula is C5H9NO5. The molecular weight excluding hydrogens is 154 g/mol. The van der Waals surface area contributed by atoms with Crippen LogP contribution in [0.3, 0.4) is 0 Å². The third-order valence-corrected chi connectivity index (χ3v) is 1.07. The molecule has 0 saturated heterocycles. The summed E-state index contributed by atoms with van der Waals surface area (Å²) in [7, 11) is 1.03. The maximum Gasteiger partial charge on any atom is 0.336 e. The van der Waals surface area contributed by atoms with Gasteiger partial charge in [0.15, 0.2) is 6.10 Å². The minimum absolute atomic E-state index is 1.03. The average Bonchev–Trinajstić information content (AvgIpc) is 2.00. The lowest BCUT2D eigenvalue weighted by atomic mass is 10.2. The van der Waals surface area contributed by atoms with Crippen molar-refractivity contribution in [2.24, 2.45) is 5.73 Å². The molecule has 64 valence electrons. The van der Waals surface area contributed by atoms with Gasteiger partial charge in [-0.2, -0.15) is 0 Å². The van der Waals surface area contributed by atoms with Crippen LogP contribution >= 0.6 is 0 Å². The zero-order valence-electron chi connectivity index (χ0n) is 5.85. The molecule has 0 aromatic heterocycles. The maximum atomic E-state index is 10.4. The fraction of sp³-hybridized carbons (Fsp3) is 0.600. The summed E-state index contributed by atoms with van der Waals surface area (Å²) in [4.78, 5) is 20.5. The molecule has 0 aliphatic carbocycles. The number of esters is 1. The molecule has 11 heavy (non-hydrogen) atoms. The van der Waals surface area contributed by atoms with Gasteiger partial charge in [0.05, 0.1) is 7.11 Å². The molecule has 0 bridgehead atoms. The summed E-state index contributed by atoms with van der Waals surface area (Å²) in [5.74, 6) is -2.51. The molecule has 0 fully saturated rings. The number of aliphatic carboxylic acids is 1. The van der Waals surface area contributed by atoms with Crippen molar-refractivity contribution in [3.05, 3.63) is 0 Å². The number of hydrogen-bond donors (Lipinski definition) is 3. The molecule has 0 heterocycles. The van der Waals surface area contributed by atoms with Crippen molar-refractivity contribution in [2.75, 3.05) is 7.11 Å². The number of hydrogen-bond acceptors (Lipinski definition) is 5. The lowest BCUT2D eigenvalue weighted by Crippen LogP contribution is -2.46. The van der Waals surface area contributed by atoms with Crippen molar-refractivity contribution in [3.63, 3.8) is 0 Å². The highest BCUT2D eigenvalue weighted by atomic mass is 16.5. The van der Waals surface area contributed by atoms with Gasteiger partial charge < -0.3 is 20.7 Å². The van der Waals surface area contributed by atoms with Crippen LogP contribution in [0.25, 0.3) is 0 Å². The summed E-state index contributed by atoms with van der Waals surface area (Å²) in [5, 5.41) is 17.0. The third-order valence-electron chi connectivity index (χ3n) is 1.07. The predicted octanol–water partition coefficient (Wildman–Crippen LogP) is -2.07. The average molecular weight is 163 g/mol. The lowest BCUT2D eigenvalue weighted by molar-refractivity contribution is -0.157. The van der Waals surface area contributed by atoms with Gasteiger partial charge in [0.1, 0.15) is 6.04 Å². The number of nitrogens with two attached hydrogens (primary N) is 1. The monoisotopic (exact) mass is 163 g/mol. The lowest BCUT2D eigenvalue weighted by Gasteiger charge is -2.11. The third kappa shape index (κ3) is 2.52. The molecule has 0 saturated carbocycles. The Morgan fingerprint density at radius 1 is 1.55 bits per heavy atom. The zero-order chi connectivity index (χ0) is 9.02. The molecule has 0 rings (SSSR count). The first kappa shape index (κ1) is 9.86. The van der Waals surface area contributed by atoms with E-state index in [1.807, 2.05) is 0 Å². The Kier molecular flexibility index (Phi) is 3.49. The van der Waals surface area contributed by atoms with E-state index in [0.29, 0.717) is 0 Å². The number of carbonyl (C=O) groups is 2. The number of aliphatic hydroxyl groups excluding tert-OH is 1. The zero-order valence-corrected chi connectivity index (χ0v) is 5.85. The highest BCUT2D eigenvalue weighted by molar-refractivity contribution is 5.84. The van der Waals surface area contributed by atoms with Gasteiger partial charge >= 0.3 is 11.9 Å². The summed E-state index contributed by atoms with van der Waals surface area (Å²) in [5.41, 5.74) is 4.89. The van der Waals surface area contributed by atoms with Gasteiger partial charge in [-0.1, -0.05) is 0 Å². The van der Waals surface area contributed by atoms with Crippen LogP contribution in [0.5, 0.6) is 0 Å². The molecule has 0 spiro atoms. The van der Waals surface area contributed by atoms with E-state index in [1.165, 1.54) is 0 Å². The van der Waals surface area contributed by atoms with E-state index < -0.39 is 24.1 Å². The van der Waals surface area contributed by atoms with E-state index in [9.17, 15) is 9.59 Å².